The number of methoxy groups -OCH3 is 1. The molecular weight excluding hydrogens is 324 g/mol. The van der Waals surface area contributed by atoms with E-state index >= 15 is 0 Å². The molecule has 0 aliphatic carbocycles. The predicted molar refractivity (Wildman–Crippen MR) is 95.4 cm³/mol. The van der Waals surface area contributed by atoms with Crippen molar-refractivity contribution in [2.24, 2.45) is 0 Å². The number of hydrogen-bond donors (Lipinski definition) is 1. The first kappa shape index (κ1) is 20.6. The number of imide groups is 1. The molecule has 0 unspecified atom stereocenters. The quantitative estimate of drug-likeness (QED) is 0.828. The molecule has 0 saturated carbocycles. The predicted octanol–water partition coefficient (Wildman–Crippen LogP) is 3.95. The Morgan fingerprint density at radius 2 is 1.48 bits per heavy atom. The number of ether oxygens (including phenoxy) is 3. The minimum absolute atomic E-state index is 0.0853. The van der Waals surface area contributed by atoms with E-state index in [1.807, 2.05) is 0 Å². The van der Waals surface area contributed by atoms with Crippen LogP contribution < -0.4 is 10.5 Å². The van der Waals surface area contributed by atoms with Crippen molar-refractivity contribution in [3.63, 3.8) is 0 Å². The van der Waals surface area contributed by atoms with E-state index < -0.39 is 23.4 Å². The van der Waals surface area contributed by atoms with E-state index in [4.69, 9.17) is 19.9 Å². The number of carbonyl (C=O) groups is 2. The fourth-order valence-electron chi connectivity index (χ4n) is 1.93. The molecule has 0 aromatic heterocycles. The summed E-state index contributed by atoms with van der Waals surface area (Å²) in [4.78, 5) is 25.9. The molecule has 1 aromatic carbocycles. The lowest BCUT2D eigenvalue weighted by Crippen LogP contribution is -2.43. The first-order valence-corrected chi connectivity index (χ1v) is 7.98. The number of rotatable bonds is 3. The first-order chi connectivity index (χ1) is 11.3. The van der Waals surface area contributed by atoms with Gasteiger partial charge in [0.15, 0.2) is 0 Å². The molecule has 7 nitrogen and oxygen atoms in total. The molecule has 7 heteroatoms. The van der Waals surface area contributed by atoms with Gasteiger partial charge in [-0.3, -0.25) is 0 Å². The second-order valence-electron chi connectivity index (χ2n) is 7.62. The Balaban J connectivity index is 3.16. The third-order valence-electron chi connectivity index (χ3n) is 2.86. The summed E-state index contributed by atoms with van der Waals surface area (Å²) >= 11 is 0. The summed E-state index contributed by atoms with van der Waals surface area (Å²) in [6, 6.07) is 4.99. The lowest BCUT2D eigenvalue weighted by atomic mass is 10.1. The van der Waals surface area contributed by atoms with Crippen molar-refractivity contribution in [3.8, 4) is 5.75 Å². The Labute approximate surface area is 149 Å². The Morgan fingerprint density at radius 1 is 1.00 bits per heavy atom. The van der Waals surface area contributed by atoms with Gasteiger partial charge in [-0.1, -0.05) is 0 Å². The number of anilines is 1. The molecule has 2 amide bonds. The van der Waals surface area contributed by atoms with E-state index in [1.54, 1.807) is 59.7 Å². The first-order valence-electron chi connectivity index (χ1n) is 7.98. The van der Waals surface area contributed by atoms with Crippen molar-refractivity contribution in [2.45, 2.75) is 59.3 Å². The molecule has 0 saturated heterocycles. The zero-order valence-corrected chi connectivity index (χ0v) is 16.0. The molecule has 0 aliphatic heterocycles. The standard InChI is InChI=1S/C18H28N2O5/c1-17(2,3)24-15(21)20(16(22)25-18(4,5)6)11-12-10-13(19)8-9-14(12)23-7/h8-10H,11,19H2,1-7H3. The van der Waals surface area contributed by atoms with Gasteiger partial charge in [-0.15, -0.1) is 0 Å². The minimum atomic E-state index is -0.800. The zero-order chi connectivity index (χ0) is 19.4. The third-order valence-corrected chi connectivity index (χ3v) is 2.86. The Morgan fingerprint density at radius 3 is 1.88 bits per heavy atom. The molecule has 0 aliphatic rings. The van der Waals surface area contributed by atoms with Crippen LogP contribution in [-0.2, 0) is 16.0 Å². The summed E-state index contributed by atoms with van der Waals surface area (Å²) in [5, 5.41) is 0. The Bertz CT molecular complexity index is 601. The molecule has 0 spiro atoms. The number of nitrogens with zero attached hydrogens (tertiary/aromatic N) is 1. The highest BCUT2D eigenvalue weighted by Crippen LogP contribution is 2.24. The number of nitrogens with two attached hydrogens (primary N) is 1. The fraction of sp³-hybridized carbons (Fsp3) is 0.556. The van der Waals surface area contributed by atoms with E-state index in [0.29, 0.717) is 17.0 Å². The maximum Gasteiger partial charge on any atom is 0.420 e. The van der Waals surface area contributed by atoms with E-state index in [1.165, 1.54) is 7.11 Å². The third kappa shape index (κ3) is 6.91. The van der Waals surface area contributed by atoms with Crippen LogP contribution in [-0.4, -0.2) is 35.4 Å². The maximum atomic E-state index is 12.5. The van der Waals surface area contributed by atoms with Gasteiger partial charge in [-0.25, -0.2) is 14.5 Å². The van der Waals surface area contributed by atoms with Gasteiger partial charge in [0.2, 0.25) is 0 Å². The van der Waals surface area contributed by atoms with Crippen LogP contribution in [0.15, 0.2) is 18.2 Å². The normalized spacial score (nSPS) is 11.6. The van der Waals surface area contributed by atoms with Crippen LogP contribution >= 0.6 is 0 Å². The van der Waals surface area contributed by atoms with Gasteiger partial charge in [-0.05, 0) is 59.7 Å². The second kappa shape index (κ2) is 7.63. The largest absolute Gasteiger partial charge is 0.496 e. The lowest BCUT2D eigenvalue weighted by molar-refractivity contribution is -0.000329. The van der Waals surface area contributed by atoms with Gasteiger partial charge in [0.05, 0.1) is 13.7 Å². The van der Waals surface area contributed by atoms with Crippen LogP contribution in [0.5, 0.6) is 5.75 Å². The molecule has 25 heavy (non-hydrogen) atoms. The molecular formula is C18H28N2O5. The summed E-state index contributed by atoms with van der Waals surface area (Å²) in [5.74, 6) is 0.506. The molecule has 0 heterocycles. The molecule has 1 aromatic rings. The van der Waals surface area contributed by atoms with Crippen molar-refractivity contribution in [3.05, 3.63) is 23.8 Å². The van der Waals surface area contributed by atoms with Gasteiger partial charge in [0.25, 0.3) is 0 Å². The molecule has 0 fully saturated rings. The van der Waals surface area contributed by atoms with Gasteiger partial charge >= 0.3 is 12.2 Å². The average Bonchev–Trinajstić information content (AvgIpc) is 2.40. The fourth-order valence-corrected chi connectivity index (χ4v) is 1.93. The minimum Gasteiger partial charge on any atom is -0.496 e. The van der Waals surface area contributed by atoms with Crippen molar-refractivity contribution in [1.29, 1.82) is 0 Å². The summed E-state index contributed by atoms with van der Waals surface area (Å²) in [5.41, 5.74) is 5.36. The van der Waals surface area contributed by atoms with Crippen molar-refractivity contribution >= 4 is 17.9 Å². The van der Waals surface area contributed by atoms with Crippen LogP contribution in [0, 0.1) is 0 Å². The number of hydrogen-bond acceptors (Lipinski definition) is 6. The highest BCUT2D eigenvalue weighted by molar-refractivity contribution is 5.88. The zero-order valence-electron chi connectivity index (χ0n) is 16.0. The van der Waals surface area contributed by atoms with Crippen molar-refractivity contribution < 1.29 is 23.8 Å². The van der Waals surface area contributed by atoms with Gasteiger partial charge in [0.1, 0.15) is 17.0 Å². The molecule has 1 rings (SSSR count). The summed E-state index contributed by atoms with van der Waals surface area (Å²) < 4.78 is 15.9. The van der Waals surface area contributed by atoms with Crippen LogP contribution in [0.3, 0.4) is 0 Å². The molecule has 0 bridgehead atoms. The number of amides is 2. The van der Waals surface area contributed by atoms with E-state index in [-0.39, 0.29) is 6.54 Å². The average molecular weight is 352 g/mol. The molecule has 2 N–H and O–H groups in total. The smallest absolute Gasteiger partial charge is 0.420 e. The van der Waals surface area contributed by atoms with Crippen molar-refractivity contribution in [1.82, 2.24) is 4.90 Å². The second-order valence-corrected chi connectivity index (χ2v) is 7.62. The van der Waals surface area contributed by atoms with Gasteiger partial charge < -0.3 is 19.9 Å². The van der Waals surface area contributed by atoms with E-state index in [2.05, 4.69) is 0 Å². The van der Waals surface area contributed by atoms with Gasteiger partial charge in [0, 0.05) is 11.3 Å². The molecule has 140 valence electrons. The maximum absolute atomic E-state index is 12.5. The highest BCUT2D eigenvalue weighted by Gasteiger charge is 2.31. The number of nitrogen functional groups attached to an aromatic ring is 1. The molecule has 0 atom stereocenters. The number of benzene rings is 1. The highest BCUT2D eigenvalue weighted by atomic mass is 16.6. The summed E-state index contributed by atoms with van der Waals surface area (Å²) in [6.45, 7) is 10.2. The Kier molecular flexibility index (Phi) is 6.29. The van der Waals surface area contributed by atoms with Crippen LogP contribution in [0.1, 0.15) is 47.1 Å². The summed E-state index contributed by atoms with van der Waals surface area (Å²) in [6.07, 6.45) is -1.60. The van der Waals surface area contributed by atoms with Crippen LogP contribution in [0.25, 0.3) is 0 Å². The van der Waals surface area contributed by atoms with Crippen LogP contribution in [0.2, 0.25) is 0 Å². The topological polar surface area (TPSA) is 91.1 Å². The Hall–Kier alpha value is -2.44. The SMILES string of the molecule is COc1ccc(N)cc1CN(C(=O)OC(C)(C)C)C(=O)OC(C)(C)C. The molecule has 0 radical (unpaired) electrons. The van der Waals surface area contributed by atoms with Gasteiger partial charge in [-0.2, -0.15) is 0 Å². The lowest BCUT2D eigenvalue weighted by Gasteiger charge is -2.29. The van der Waals surface area contributed by atoms with E-state index in [0.717, 1.165) is 4.90 Å². The monoisotopic (exact) mass is 352 g/mol. The summed E-state index contributed by atoms with van der Waals surface area (Å²) in [7, 11) is 1.50. The van der Waals surface area contributed by atoms with E-state index in [9.17, 15) is 9.59 Å². The van der Waals surface area contributed by atoms with Crippen molar-refractivity contribution in [2.75, 3.05) is 12.8 Å². The number of carbonyl (C=O) groups excluding carboxylic acids is 2. The van der Waals surface area contributed by atoms with Crippen LogP contribution in [0.4, 0.5) is 15.3 Å².